The average molecular weight is 743 g/mol. The first kappa shape index (κ1) is 33.6. The van der Waals surface area contributed by atoms with Crippen molar-refractivity contribution in [2.75, 3.05) is 0 Å². The van der Waals surface area contributed by atoms with Gasteiger partial charge in [-0.2, -0.15) is 5.26 Å². The van der Waals surface area contributed by atoms with Gasteiger partial charge in [-0.3, -0.25) is 0 Å². The van der Waals surface area contributed by atoms with Crippen LogP contribution in [0.4, 0.5) is 0 Å². The van der Waals surface area contributed by atoms with Crippen LogP contribution < -0.4 is 4.74 Å². The smallest absolute Gasteiger partial charge is 0.163 e. The molecule has 272 valence electrons. The molecule has 58 heavy (non-hydrogen) atoms. The van der Waals surface area contributed by atoms with Gasteiger partial charge < -0.3 is 4.74 Å². The van der Waals surface area contributed by atoms with E-state index in [1.54, 1.807) is 0 Å². The van der Waals surface area contributed by atoms with Crippen LogP contribution in [0.2, 0.25) is 0 Å². The van der Waals surface area contributed by atoms with Gasteiger partial charge in [-0.1, -0.05) is 152 Å². The number of nitriles is 1. The molecule has 2 atom stereocenters. The second kappa shape index (κ2) is 13.5. The van der Waals surface area contributed by atoms with E-state index in [-0.39, 0.29) is 5.92 Å². The normalized spacial score (nSPS) is 16.8. The number of para-hydroxylation sites is 1. The van der Waals surface area contributed by atoms with E-state index >= 15 is 0 Å². The summed E-state index contributed by atoms with van der Waals surface area (Å²) in [4.78, 5) is 14.9. The molecular weight excluding hydrogens is 709 g/mol. The Morgan fingerprint density at radius 3 is 1.83 bits per heavy atom. The lowest BCUT2D eigenvalue weighted by atomic mass is 9.65. The van der Waals surface area contributed by atoms with Gasteiger partial charge in [0.25, 0.3) is 0 Å². The molecule has 0 radical (unpaired) electrons. The summed E-state index contributed by atoms with van der Waals surface area (Å²) < 4.78 is 6.75. The molecule has 1 spiro atoms. The van der Waals surface area contributed by atoms with Crippen LogP contribution in [0.5, 0.6) is 11.5 Å². The van der Waals surface area contributed by atoms with Crippen LogP contribution in [-0.2, 0) is 5.41 Å². The van der Waals surface area contributed by atoms with Crippen molar-refractivity contribution in [2.24, 2.45) is 0 Å². The van der Waals surface area contributed by atoms with Crippen molar-refractivity contribution in [2.45, 2.75) is 17.8 Å². The lowest BCUT2D eigenvalue weighted by molar-refractivity contribution is 0.436. The van der Waals surface area contributed by atoms with Gasteiger partial charge in [0.05, 0.1) is 17.0 Å². The SMILES string of the molecule is N#Cc1ccc(-c2ccc3c(c2)C2(c4ccccc4Oc4ccc(-c5ccc(-c6nc(-c7ccccc7)nc(C7C=CC=CC7)n6)cc5)cc42)c2ccccc2-3)cc1. The Hall–Kier alpha value is -7.68. The van der Waals surface area contributed by atoms with Gasteiger partial charge in [0, 0.05) is 28.2 Å². The molecule has 1 aliphatic heterocycles. The molecular formula is C53H34N4O. The van der Waals surface area contributed by atoms with Crippen molar-refractivity contribution in [1.29, 1.82) is 5.26 Å². The predicted molar refractivity (Wildman–Crippen MR) is 229 cm³/mol. The number of aromatic nitrogens is 3. The third-order valence-electron chi connectivity index (χ3n) is 11.8. The number of benzene rings is 7. The van der Waals surface area contributed by atoms with E-state index in [1.165, 1.54) is 22.3 Å². The summed E-state index contributed by atoms with van der Waals surface area (Å²) >= 11 is 0. The largest absolute Gasteiger partial charge is 0.457 e. The third-order valence-corrected chi connectivity index (χ3v) is 11.8. The second-order valence-corrected chi connectivity index (χ2v) is 15.0. The quantitative estimate of drug-likeness (QED) is 0.176. The standard InChI is InChI=1S/C53H34N4O/c54-33-34-19-21-35(22-20-34)40-27-29-43-42-15-7-8-16-44(42)53(46(43)31-40)45-17-9-10-18-48(45)58-49-30-28-41(32-47(49)53)36-23-25-39(26-24-36)52-56-50(37-11-3-1-4-12-37)55-51(57-52)38-13-5-2-6-14-38/h1-13,15-32,38H,14H2. The molecule has 0 fully saturated rings. The van der Waals surface area contributed by atoms with Crippen LogP contribution in [0.3, 0.4) is 0 Å². The summed E-state index contributed by atoms with van der Waals surface area (Å²) in [5, 5.41) is 9.48. The molecule has 2 aliphatic carbocycles. The second-order valence-electron chi connectivity index (χ2n) is 15.0. The van der Waals surface area contributed by atoms with Crippen LogP contribution in [0.25, 0.3) is 56.2 Å². The molecule has 5 nitrogen and oxygen atoms in total. The fraction of sp³-hybridized carbons (Fsp3) is 0.0566. The molecule has 2 heterocycles. The van der Waals surface area contributed by atoms with Gasteiger partial charge >= 0.3 is 0 Å². The van der Waals surface area contributed by atoms with Crippen LogP contribution in [0.1, 0.15) is 46.0 Å². The van der Waals surface area contributed by atoms with Gasteiger partial charge in [-0.15, -0.1) is 0 Å². The van der Waals surface area contributed by atoms with E-state index in [9.17, 15) is 5.26 Å². The zero-order valence-corrected chi connectivity index (χ0v) is 31.4. The Morgan fingerprint density at radius 1 is 0.500 bits per heavy atom. The summed E-state index contributed by atoms with van der Waals surface area (Å²) in [6.07, 6.45) is 9.32. The van der Waals surface area contributed by atoms with E-state index in [0.29, 0.717) is 17.2 Å². The maximum atomic E-state index is 9.48. The first-order valence-corrected chi connectivity index (χ1v) is 19.6. The molecule has 3 aliphatic rings. The van der Waals surface area contributed by atoms with Crippen LogP contribution in [-0.4, -0.2) is 15.0 Å². The minimum atomic E-state index is -0.632. The highest BCUT2D eigenvalue weighted by atomic mass is 16.5. The Labute approximate surface area is 337 Å². The maximum absolute atomic E-state index is 9.48. The van der Waals surface area contributed by atoms with Gasteiger partial charge in [0.1, 0.15) is 17.3 Å². The summed E-state index contributed by atoms with van der Waals surface area (Å²) in [5.41, 5.74) is 13.3. The molecule has 5 heteroatoms. The molecule has 0 bridgehead atoms. The van der Waals surface area contributed by atoms with E-state index in [2.05, 4.69) is 134 Å². The molecule has 1 aromatic heterocycles. The summed E-state index contributed by atoms with van der Waals surface area (Å²) in [7, 11) is 0. The molecule has 11 rings (SSSR count). The van der Waals surface area contributed by atoms with Crippen molar-refractivity contribution < 1.29 is 4.74 Å². The first-order chi connectivity index (χ1) is 28.7. The Balaban J connectivity index is 1.05. The lowest BCUT2D eigenvalue weighted by Gasteiger charge is -2.39. The van der Waals surface area contributed by atoms with Crippen LogP contribution >= 0.6 is 0 Å². The van der Waals surface area contributed by atoms with Crippen LogP contribution in [0, 0.1) is 11.3 Å². The summed E-state index contributed by atoms with van der Waals surface area (Å²) in [5.74, 6) is 3.88. The topological polar surface area (TPSA) is 71.7 Å². The molecule has 7 aromatic carbocycles. The Kier molecular flexibility index (Phi) is 7.84. The highest BCUT2D eigenvalue weighted by molar-refractivity contribution is 5.91. The Bertz CT molecular complexity index is 3010. The Morgan fingerprint density at radius 2 is 1.09 bits per heavy atom. The van der Waals surface area contributed by atoms with Gasteiger partial charge in [0.15, 0.2) is 11.6 Å². The van der Waals surface area contributed by atoms with Crippen molar-refractivity contribution in [3.8, 4) is 73.7 Å². The number of hydrogen-bond acceptors (Lipinski definition) is 5. The van der Waals surface area contributed by atoms with Crippen molar-refractivity contribution in [1.82, 2.24) is 15.0 Å². The number of fused-ring (bicyclic) bond motifs is 9. The van der Waals surface area contributed by atoms with E-state index < -0.39 is 5.41 Å². The van der Waals surface area contributed by atoms with Gasteiger partial charge in [0.2, 0.25) is 0 Å². The molecule has 0 saturated heterocycles. The minimum Gasteiger partial charge on any atom is -0.457 e. The van der Waals surface area contributed by atoms with E-state index in [1.807, 2.05) is 60.7 Å². The van der Waals surface area contributed by atoms with Gasteiger partial charge in [-0.05, 0) is 87.3 Å². The number of rotatable bonds is 5. The molecule has 0 N–H and O–H groups in total. The number of ether oxygens (including phenoxy) is 1. The zero-order valence-electron chi connectivity index (χ0n) is 31.4. The fourth-order valence-electron chi connectivity index (χ4n) is 8.98. The van der Waals surface area contributed by atoms with Gasteiger partial charge in [-0.25, -0.2) is 15.0 Å². The van der Waals surface area contributed by atoms with Crippen molar-refractivity contribution >= 4 is 0 Å². The van der Waals surface area contributed by atoms with Crippen LogP contribution in [0.15, 0.2) is 188 Å². The minimum absolute atomic E-state index is 0.0923. The highest BCUT2D eigenvalue weighted by Crippen LogP contribution is 2.62. The fourth-order valence-corrected chi connectivity index (χ4v) is 8.98. The number of allylic oxidation sites excluding steroid dienone is 4. The molecule has 2 unspecified atom stereocenters. The maximum Gasteiger partial charge on any atom is 0.163 e. The molecule has 8 aromatic rings. The molecule has 0 amide bonds. The van der Waals surface area contributed by atoms with E-state index in [0.717, 1.165) is 68.3 Å². The monoisotopic (exact) mass is 742 g/mol. The third kappa shape index (κ3) is 5.34. The summed E-state index contributed by atoms with van der Waals surface area (Å²) in [6, 6.07) is 59.4. The summed E-state index contributed by atoms with van der Waals surface area (Å²) in [6.45, 7) is 0. The predicted octanol–water partition coefficient (Wildman–Crippen LogP) is 12.5. The lowest BCUT2D eigenvalue weighted by Crippen LogP contribution is -2.32. The zero-order chi connectivity index (χ0) is 38.6. The number of hydrogen-bond donors (Lipinski definition) is 0. The van der Waals surface area contributed by atoms with E-state index in [4.69, 9.17) is 19.7 Å². The molecule has 0 saturated carbocycles. The highest BCUT2D eigenvalue weighted by Gasteiger charge is 2.51. The first-order valence-electron chi connectivity index (χ1n) is 19.6. The van der Waals surface area contributed by atoms with Crippen molar-refractivity contribution in [3.05, 3.63) is 222 Å². The van der Waals surface area contributed by atoms with Crippen molar-refractivity contribution in [3.63, 3.8) is 0 Å². The average Bonchev–Trinajstić information content (AvgIpc) is 3.59. The number of nitrogens with zero attached hydrogens (tertiary/aromatic N) is 4.